The Kier molecular flexibility index (Phi) is 4.76. The first kappa shape index (κ1) is 16.1. The van der Waals surface area contributed by atoms with Crippen molar-refractivity contribution < 1.29 is 13.5 Å². The summed E-state index contributed by atoms with van der Waals surface area (Å²) < 4.78 is 22.4. The first-order chi connectivity index (χ1) is 8.61. The van der Waals surface area contributed by atoms with Gasteiger partial charge in [-0.05, 0) is 26.3 Å². The van der Waals surface area contributed by atoms with Crippen LogP contribution in [0.2, 0.25) is 0 Å². The summed E-state index contributed by atoms with van der Waals surface area (Å²) in [6.45, 7) is 5.23. The van der Waals surface area contributed by atoms with Gasteiger partial charge in [0.05, 0.1) is 10.9 Å². The molecule has 3 N–H and O–H groups in total. The third kappa shape index (κ3) is 3.35. The lowest BCUT2D eigenvalue weighted by molar-refractivity contribution is 0.110. The number of sulfone groups is 1. The average molecular weight is 285 g/mol. The summed E-state index contributed by atoms with van der Waals surface area (Å²) in [5, 5.41) is 10.4. The van der Waals surface area contributed by atoms with Crippen LogP contribution in [0.25, 0.3) is 0 Å². The van der Waals surface area contributed by atoms with E-state index in [1.54, 1.807) is 0 Å². The summed E-state index contributed by atoms with van der Waals surface area (Å²) in [6, 6.07) is 7.62. The fourth-order valence-corrected chi connectivity index (χ4v) is 2.57. The highest BCUT2D eigenvalue weighted by Crippen LogP contribution is 2.31. The van der Waals surface area contributed by atoms with Crippen molar-refractivity contribution in [2.75, 3.05) is 12.8 Å². The number of aliphatic hydroxyl groups excluding tert-OH is 1. The number of hydrogen-bond acceptors (Lipinski definition) is 4. The van der Waals surface area contributed by atoms with Gasteiger partial charge in [-0.15, -0.1) is 0 Å². The molecule has 1 aromatic carbocycles. The summed E-state index contributed by atoms with van der Waals surface area (Å²) >= 11 is 0. The molecule has 0 bridgehead atoms. The number of hydrogen-bond donors (Lipinski definition) is 2. The summed E-state index contributed by atoms with van der Waals surface area (Å²) in [5.41, 5.74) is 7.70. The molecule has 2 unspecified atom stereocenters. The highest BCUT2D eigenvalue weighted by molar-refractivity contribution is 7.92. The molecule has 0 aromatic heterocycles. The number of aryl methyl sites for hydroxylation is 1. The molecular weight excluding hydrogens is 262 g/mol. The van der Waals surface area contributed by atoms with Gasteiger partial charge < -0.3 is 10.8 Å². The van der Waals surface area contributed by atoms with E-state index < -0.39 is 26.6 Å². The molecule has 0 aliphatic rings. The van der Waals surface area contributed by atoms with E-state index in [1.807, 2.05) is 31.2 Å². The van der Waals surface area contributed by atoms with Crippen LogP contribution in [0.4, 0.5) is 0 Å². The van der Waals surface area contributed by atoms with Gasteiger partial charge in [0.25, 0.3) is 0 Å². The van der Waals surface area contributed by atoms with Crippen molar-refractivity contribution in [2.45, 2.75) is 37.5 Å². The molecule has 0 saturated heterocycles. The molecule has 0 aliphatic carbocycles. The van der Waals surface area contributed by atoms with E-state index in [4.69, 9.17) is 5.73 Å². The third-order valence-electron chi connectivity index (χ3n) is 3.81. The van der Waals surface area contributed by atoms with Crippen molar-refractivity contribution >= 4 is 9.84 Å². The molecule has 2 atom stereocenters. The standard InChI is InChI=1S/C14H23NO3S/c1-10-5-7-11(8-6-10)12(9-15)13(16)14(2,3)19(4,17)18/h5-8,12-13,16H,9,15H2,1-4H3. The molecule has 0 aliphatic heterocycles. The van der Waals surface area contributed by atoms with E-state index in [0.717, 1.165) is 17.4 Å². The van der Waals surface area contributed by atoms with E-state index in [1.165, 1.54) is 13.8 Å². The Morgan fingerprint density at radius 3 is 2.11 bits per heavy atom. The maximum Gasteiger partial charge on any atom is 0.155 e. The Morgan fingerprint density at radius 1 is 1.26 bits per heavy atom. The fourth-order valence-electron chi connectivity index (χ4n) is 1.96. The second-order valence-electron chi connectivity index (χ2n) is 5.57. The molecule has 1 rings (SSSR count). The zero-order valence-electron chi connectivity index (χ0n) is 11.9. The molecule has 4 nitrogen and oxygen atoms in total. The highest BCUT2D eigenvalue weighted by atomic mass is 32.2. The van der Waals surface area contributed by atoms with Crippen molar-refractivity contribution in [2.24, 2.45) is 5.73 Å². The van der Waals surface area contributed by atoms with Crippen molar-refractivity contribution in [1.82, 2.24) is 0 Å². The zero-order chi connectivity index (χ0) is 14.8. The number of rotatable bonds is 5. The minimum Gasteiger partial charge on any atom is -0.391 e. The molecule has 0 fully saturated rings. The molecule has 0 spiro atoms. The first-order valence-electron chi connectivity index (χ1n) is 6.25. The van der Waals surface area contributed by atoms with E-state index in [0.29, 0.717) is 0 Å². The van der Waals surface area contributed by atoms with Gasteiger partial charge in [-0.2, -0.15) is 0 Å². The quantitative estimate of drug-likeness (QED) is 0.852. The summed E-state index contributed by atoms with van der Waals surface area (Å²) in [4.78, 5) is 0. The summed E-state index contributed by atoms with van der Waals surface area (Å²) in [5.74, 6) is -0.398. The van der Waals surface area contributed by atoms with Crippen molar-refractivity contribution in [3.05, 3.63) is 35.4 Å². The normalized spacial score (nSPS) is 16.1. The summed E-state index contributed by atoms with van der Waals surface area (Å²) in [7, 11) is -3.38. The Labute approximate surface area is 115 Å². The largest absolute Gasteiger partial charge is 0.391 e. The van der Waals surface area contributed by atoms with Gasteiger partial charge in [-0.25, -0.2) is 8.42 Å². The minimum atomic E-state index is -3.38. The molecule has 0 heterocycles. The van der Waals surface area contributed by atoms with Crippen LogP contribution < -0.4 is 5.73 Å². The Balaban J connectivity index is 3.14. The van der Waals surface area contributed by atoms with Gasteiger partial charge in [0, 0.05) is 18.7 Å². The van der Waals surface area contributed by atoms with E-state index in [2.05, 4.69) is 0 Å². The Morgan fingerprint density at radius 2 is 1.74 bits per heavy atom. The van der Waals surface area contributed by atoms with Crippen LogP contribution in [0.15, 0.2) is 24.3 Å². The first-order valence-corrected chi connectivity index (χ1v) is 8.14. The van der Waals surface area contributed by atoms with Crippen LogP contribution in [-0.2, 0) is 9.84 Å². The number of nitrogens with two attached hydrogens (primary N) is 1. The van der Waals surface area contributed by atoms with Crippen molar-refractivity contribution in [1.29, 1.82) is 0 Å². The smallest absolute Gasteiger partial charge is 0.155 e. The van der Waals surface area contributed by atoms with Gasteiger partial charge >= 0.3 is 0 Å². The van der Waals surface area contributed by atoms with Crippen LogP contribution in [0, 0.1) is 6.92 Å². The monoisotopic (exact) mass is 285 g/mol. The van der Waals surface area contributed by atoms with Crippen LogP contribution >= 0.6 is 0 Å². The molecule has 5 heteroatoms. The van der Waals surface area contributed by atoms with Gasteiger partial charge in [0.2, 0.25) is 0 Å². The zero-order valence-corrected chi connectivity index (χ0v) is 12.7. The van der Waals surface area contributed by atoms with Crippen molar-refractivity contribution in [3.8, 4) is 0 Å². The molecule has 0 radical (unpaired) electrons. The fraction of sp³-hybridized carbons (Fsp3) is 0.571. The van der Waals surface area contributed by atoms with Crippen LogP contribution in [-0.4, -0.2) is 37.2 Å². The number of benzene rings is 1. The van der Waals surface area contributed by atoms with E-state index in [-0.39, 0.29) is 6.54 Å². The van der Waals surface area contributed by atoms with Crippen LogP contribution in [0.3, 0.4) is 0 Å². The van der Waals surface area contributed by atoms with Crippen LogP contribution in [0.1, 0.15) is 30.9 Å². The average Bonchev–Trinajstić information content (AvgIpc) is 2.30. The lowest BCUT2D eigenvalue weighted by atomic mass is 9.86. The number of aliphatic hydroxyl groups is 1. The lowest BCUT2D eigenvalue weighted by Gasteiger charge is -2.34. The van der Waals surface area contributed by atoms with Gasteiger partial charge in [0.1, 0.15) is 0 Å². The SMILES string of the molecule is Cc1ccc(C(CN)C(O)C(C)(C)S(C)(=O)=O)cc1. The molecule has 1 aromatic rings. The molecule has 0 amide bonds. The maximum atomic E-state index is 11.8. The predicted octanol–water partition coefficient (Wildman–Crippen LogP) is 1.22. The second kappa shape index (κ2) is 5.61. The topological polar surface area (TPSA) is 80.4 Å². The molecular formula is C14H23NO3S. The molecule has 0 saturated carbocycles. The van der Waals surface area contributed by atoms with Crippen molar-refractivity contribution in [3.63, 3.8) is 0 Å². The Bertz CT molecular complexity index is 520. The second-order valence-corrected chi connectivity index (χ2v) is 8.17. The Hall–Kier alpha value is -0.910. The van der Waals surface area contributed by atoms with Gasteiger partial charge in [-0.1, -0.05) is 29.8 Å². The summed E-state index contributed by atoms with van der Waals surface area (Å²) in [6.07, 6.45) is 0.0917. The maximum absolute atomic E-state index is 11.8. The van der Waals surface area contributed by atoms with Gasteiger partial charge in [0.15, 0.2) is 9.84 Å². The minimum absolute atomic E-state index is 0.198. The van der Waals surface area contributed by atoms with Crippen LogP contribution in [0.5, 0.6) is 0 Å². The lowest BCUT2D eigenvalue weighted by Crippen LogP contribution is -2.48. The van der Waals surface area contributed by atoms with E-state index in [9.17, 15) is 13.5 Å². The third-order valence-corrected chi connectivity index (χ3v) is 5.96. The highest BCUT2D eigenvalue weighted by Gasteiger charge is 2.42. The van der Waals surface area contributed by atoms with E-state index >= 15 is 0 Å². The predicted molar refractivity (Wildman–Crippen MR) is 77.9 cm³/mol. The van der Waals surface area contributed by atoms with Gasteiger partial charge in [-0.3, -0.25) is 0 Å². The molecule has 19 heavy (non-hydrogen) atoms. The molecule has 108 valence electrons.